The molecule has 0 saturated carbocycles. The van der Waals surface area contributed by atoms with E-state index in [1.165, 1.54) is 32.1 Å². The molecule has 0 saturated heterocycles. The Morgan fingerprint density at radius 3 is 2.59 bits per heavy atom. The summed E-state index contributed by atoms with van der Waals surface area (Å²) < 4.78 is 6.85. The highest BCUT2D eigenvalue weighted by molar-refractivity contribution is 9.10. The average Bonchev–Trinajstić information content (AvgIpc) is 2.69. The van der Waals surface area contributed by atoms with Crippen LogP contribution in [0, 0.1) is 0 Å². The second kappa shape index (κ2) is 12.3. The average molecular weight is 431 g/mol. The second-order valence-electron chi connectivity index (χ2n) is 6.36. The van der Waals surface area contributed by atoms with Gasteiger partial charge >= 0.3 is 0 Å². The molecule has 2 aromatic rings. The first-order chi connectivity index (χ1) is 13.2. The van der Waals surface area contributed by atoms with Gasteiger partial charge in [0.25, 0.3) is 5.91 Å². The van der Waals surface area contributed by atoms with E-state index in [4.69, 9.17) is 4.74 Å². The molecule has 0 unspecified atom stereocenters. The molecule has 0 bridgehead atoms. The number of carbonyl (C=O) groups excluding carboxylic acids is 1. The van der Waals surface area contributed by atoms with E-state index in [9.17, 15) is 4.79 Å². The maximum atomic E-state index is 12.0. The molecular formula is C22H27BrN2O2. The second-order valence-corrected chi connectivity index (χ2v) is 7.28. The maximum Gasteiger partial charge on any atom is 0.271 e. The molecule has 2 rings (SSSR count). The third-order valence-corrected chi connectivity index (χ3v) is 4.63. The molecule has 0 aliphatic rings. The van der Waals surface area contributed by atoms with Crippen LogP contribution in [0.15, 0.2) is 58.1 Å². The quantitative estimate of drug-likeness (QED) is 0.271. The van der Waals surface area contributed by atoms with Crippen molar-refractivity contribution in [1.29, 1.82) is 0 Å². The van der Waals surface area contributed by atoms with E-state index in [0.717, 1.165) is 22.2 Å². The fraction of sp³-hybridized carbons (Fsp3) is 0.364. The van der Waals surface area contributed by atoms with Gasteiger partial charge in [0.1, 0.15) is 5.75 Å². The number of nitrogens with zero attached hydrogens (tertiary/aromatic N) is 1. The van der Waals surface area contributed by atoms with Gasteiger partial charge in [-0.3, -0.25) is 4.79 Å². The zero-order valence-corrected chi connectivity index (χ0v) is 17.4. The molecule has 0 heterocycles. The highest BCUT2D eigenvalue weighted by atomic mass is 79.9. The highest BCUT2D eigenvalue weighted by Gasteiger charge is 2.05. The van der Waals surface area contributed by atoms with Crippen molar-refractivity contribution in [2.75, 3.05) is 6.61 Å². The molecule has 2 aromatic carbocycles. The Kier molecular flexibility index (Phi) is 9.63. The van der Waals surface area contributed by atoms with Gasteiger partial charge in [0.15, 0.2) is 0 Å². The van der Waals surface area contributed by atoms with Crippen molar-refractivity contribution in [3.63, 3.8) is 0 Å². The van der Waals surface area contributed by atoms with Crippen LogP contribution in [-0.4, -0.2) is 18.7 Å². The van der Waals surface area contributed by atoms with E-state index in [1.54, 1.807) is 18.3 Å². The van der Waals surface area contributed by atoms with Crippen molar-refractivity contribution < 1.29 is 9.53 Å². The number of hydrogen-bond donors (Lipinski definition) is 1. The normalized spacial score (nSPS) is 10.9. The van der Waals surface area contributed by atoms with E-state index in [0.29, 0.717) is 12.2 Å². The summed E-state index contributed by atoms with van der Waals surface area (Å²) in [6, 6.07) is 14.8. The van der Waals surface area contributed by atoms with Crippen LogP contribution in [0.25, 0.3) is 0 Å². The molecule has 1 N–H and O–H groups in total. The van der Waals surface area contributed by atoms with Crippen LogP contribution in [0.5, 0.6) is 5.75 Å². The number of carbonyl (C=O) groups is 1. The van der Waals surface area contributed by atoms with Crippen molar-refractivity contribution >= 4 is 28.1 Å². The predicted molar refractivity (Wildman–Crippen MR) is 115 cm³/mol. The van der Waals surface area contributed by atoms with Gasteiger partial charge in [-0.15, -0.1) is 0 Å². The van der Waals surface area contributed by atoms with Gasteiger partial charge in [-0.05, 0) is 36.8 Å². The van der Waals surface area contributed by atoms with Gasteiger partial charge in [0, 0.05) is 15.6 Å². The number of hydrazone groups is 1. The van der Waals surface area contributed by atoms with Crippen LogP contribution in [0.3, 0.4) is 0 Å². The molecule has 5 heteroatoms. The number of benzene rings is 2. The number of hydrogen-bond acceptors (Lipinski definition) is 3. The van der Waals surface area contributed by atoms with Crippen molar-refractivity contribution in [3.8, 4) is 5.75 Å². The lowest BCUT2D eigenvalue weighted by Gasteiger charge is -2.09. The monoisotopic (exact) mass is 430 g/mol. The third-order valence-electron chi connectivity index (χ3n) is 4.13. The smallest absolute Gasteiger partial charge is 0.271 e. The lowest BCUT2D eigenvalue weighted by molar-refractivity contribution is 0.0955. The first-order valence-electron chi connectivity index (χ1n) is 9.51. The summed E-state index contributed by atoms with van der Waals surface area (Å²) in [5.41, 5.74) is 3.95. The first-order valence-corrected chi connectivity index (χ1v) is 10.3. The molecule has 0 spiro atoms. The molecule has 144 valence electrons. The van der Waals surface area contributed by atoms with Crippen molar-refractivity contribution in [2.24, 2.45) is 5.10 Å². The van der Waals surface area contributed by atoms with E-state index in [-0.39, 0.29) is 5.91 Å². The minimum absolute atomic E-state index is 0.239. The molecule has 27 heavy (non-hydrogen) atoms. The number of amides is 1. The van der Waals surface area contributed by atoms with Gasteiger partial charge in [0.05, 0.1) is 12.8 Å². The van der Waals surface area contributed by atoms with Crippen LogP contribution in [-0.2, 0) is 0 Å². The van der Waals surface area contributed by atoms with E-state index >= 15 is 0 Å². The van der Waals surface area contributed by atoms with Gasteiger partial charge in [0.2, 0.25) is 0 Å². The Hall–Kier alpha value is -2.14. The first kappa shape index (κ1) is 21.2. The maximum absolute atomic E-state index is 12.0. The van der Waals surface area contributed by atoms with Crippen molar-refractivity contribution in [2.45, 2.75) is 45.4 Å². The van der Waals surface area contributed by atoms with Crippen LogP contribution < -0.4 is 10.2 Å². The zero-order valence-electron chi connectivity index (χ0n) is 15.8. The lowest BCUT2D eigenvalue weighted by atomic mass is 10.1. The van der Waals surface area contributed by atoms with Crippen LogP contribution in [0.2, 0.25) is 0 Å². The Morgan fingerprint density at radius 1 is 1.07 bits per heavy atom. The van der Waals surface area contributed by atoms with Gasteiger partial charge in [-0.2, -0.15) is 5.10 Å². The van der Waals surface area contributed by atoms with Crippen LogP contribution in [0.4, 0.5) is 0 Å². The predicted octanol–water partition coefficient (Wildman–Crippen LogP) is 5.95. The fourth-order valence-corrected chi connectivity index (χ4v) is 3.01. The summed E-state index contributed by atoms with van der Waals surface area (Å²) in [5.74, 6) is 0.529. The molecule has 0 aromatic heterocycles. The summed E-state index contributed by atoms with van der Waals surface area (Å²) in [5, 5.41) is 4.07. The number of nitrogens with one attached hydrogen (secondary N) is 1. The van der Waals surface area contributed by atoms with Crippen LogP contribution >= 0.6 is 15.9 Å². The Morgan fingerprint density at radius 2 is 1.81 bits per heavy atom. The molecule has 0 aliphatic heterocycles. The van der Waals surface area contributed by atoms with E-state index < -0.39 is 0 Å². The van der Waals surface area contributed by atoms with Gasteiger partial charge in [-0.25, -0.2) is 5.43 Å². The summed E-state index contributed by atoms with van der Waals surface area (Å²) in [6.07, 6.45) is 8.98. The van der Waals surface area contributed by atoms with Crippen LogP contribution in [0.1, 0.15) is 61.4 Å². The minimum Gasteiger partial charge on any atom is -0.493 e. The number of rotatable bonds is 11. The third kappa shape index (κ3) is 7.95. The summed E-state index contributed by atoms with van der Waals surface area (Å²) in [7, 11) is 0. The number of halogens is 1. The van der Waals surface area contributed by atoms with Gasteiger partial charge < -0.3 is 4.74 Å². The highest BCUT2D eigenvalue weighted by Crippen LogP contribution is 2.22. The zero-order chi connectivity index (χ0) is 19.3. The van der Waals surface area contributed by atoms with E-state index in [2.05, 4.69) is 33.4 Å². The SMILES string of the molecule is CCCCCCCCOc1ccc(Br)cc1C=NNC(=O)c1ccccc1. The van der Waals surface area contributed by atoms with E-state index in [1.807, 2.05) is 36.4 Å². The lowest BCUT2D eigenvalue weighted by Crippen LogP contribution is -2.17. The Bertz CT molecular complexity index is 732. The molecule has 0 fully saturated rings. The number of ether oxygens (including phenoxy) is 1. The summed E-state index contributed by atoms with van der Waals surface area (Å²) in [6.45, 7) is 2.91. The van der Waals surface area contributed by atoms with Crippen molar-refractivity contribution in [1.82, 2.24) is 5.43 Å². The molecule has 4 nitrogen and oxygen atoms in total. The molecule has 0 aliphatic carbocycles. The summed E-state index contributed by atoms with van der Waals surface area (Å²) in [4.78, 5) is 12.0. The van der Waals surface area contributed by atoms with Gasteiger partial charge in [-0.1, -0.05) is 73.2 Å². The fourth-order valence-electron chi connectivity index (χ4n) is 2.63. The molecular weight excluding hydrogens is 404 g/mol. The largest absolute Gasteiger partial charge is 0.493 e. The van der Waals surface area contributed by atoms with Crippen molar-refractivity contribution in [3.05, 3.63) is 64.1 Å². The standard InChI is InChI=1S/C22H27BrN2O2/c1-2-3-4-5-6-10-15-27-21-14-13-20(23)16-19(21)17-24-25-22(26)18-11-8-7-9-12-18/h7-9,11-14,16-17H,2-6,10,15H2,1H3,(H,25,26). The number of unbranched alkanes of at least 4 members (excludes halogenated alkanes) is 5. The molecule has 0 atom stereocenters. The Labute approximate surface area is 170 Å². The molecule has 0 radical (unpaired) electrons. The topological polar surface area (TPSA) is 50.7 Å². The summed E-state index contributed by atoms with van der Waals surface area (Å²) >= 11 is 3.47. The Balaban J connectivity index is 1.86. The molecule has 1 amide bonds. The minimum atomic E-state index is -0.239.